The van der Waals surface area contributed by atoms with Crippen molar-refractivity contribution in [2.75, 3.05) is 32.8 Å². The van der Waals surface area contributed by atoms with Crippen molar-refractivity contribution >= 4 is 16.9 Å². The molecule has 0 saturated carbocycles. The van der Waals surface area contributed by atoms with E-state index in [0.717, 1.165) is 54.1 Å². The second kappa shape index (κ2) is 13.6. The van der Waals surface area contributed by atoms with Gasteiger partial charge in [-0.1, -0.05) is 36.4 Å². The molecule has 0 radical (unpaired) electrons. The molecule has 1 aliphatic carbocycles. The maximum atomic E-state index is 14.1. The first-order chi connectivity index (χ1) is 21.4. The van der Waals surface area contributed by atoms with E-state index in [9.17, 15) is 25.2 Å². The Bertz CT molecular complexity index is 1460. The Morgan fingerprint density at radius 2 is 1.55 bits per heavy atom. The summed E-state index contributed by atoms with van der Waals surface area (Å²) in [7, 11) is 0. The molecule has 5 atom stereocenters. The standard InChI is InChI=1S/C35H39NO8/c37-21-29-32(39)33(40)34(41)35(44-29)43-26-14-7-23(8-15-26)28-16-11-22-5-1-2-6-27(22)30(28)31(38)24-9-12-25(13-10-24)42-20-19-36-17-3-4-18-36/h1-2,5-10,12-15,29,32-35,37,39-41H,3-4,11,16-21H2/t29-,32-,33+,34-,35-/m1/s1. The molecule has 44 heavy (non-hydrogen) atoms. The van der Waals surface area contributed by atoms with E-state index in [1.165, 1.54) is 12.8 Å². The third-order valence-corrected chi connectivity index (χ3v) is 8.75. The van der Waals surface area contributed by atoms with Gasteiger partial charge in [0.25, 0.3) is 0 Å². The minimum absolute atomic E-state index is 0.0580. The molecular weight excluding hydrogens is 562 g/mol. The van der Waals surface area contributed by atoms with Gasteiger partial charge in [0.2, 0.25) is 6.29 Å². The first-order valence-electron chi connectivity index (χ1n) is 15.3. The Morgan fingerprint density at radius 3 is 2.27 bits per heavy atom. The molecule has 3 aromatic rings. The summed E-state index contributed by atoms with van der Waals surface area (Å²) >= 11 is 0. The summed E-state index contributed by atoms with van der Waals surface area (Å²) in [6, 6.07) is 22.5. The van der Waals surface area contributed by atoms with Crippen LogP contribution in [0.25, 0.3) is 11.1 Å². The molecule has 9 nitrogen and oxygen atoms in total. The summed E-state index contributed by atoms with van der Waals surface area (Å²) in [4.78, 5) is 16.5. The van der Waals surface area contributed by atoms with E-state index < -0.39 is 37.3 Å². The van der Waals surface area contributed by atoms with Gasteiger partial charge in [0, 0.05) is 17.7 Å². The van der Waals surface area contributed by atoms with E-state index >= 15 is 0 Å². The number of ketones is 1. The predicted molar refractivity (Wildman–Crippen MR) is 164 cm³/mol. The van der Waals surface area contributed by atoms with Crippen molar-refractivity contribution in [1.82, 2.24) is 4.90 Å². The largest absolute Gasteiger partial charge is 0.492 e. The summed E-state index contributed by atoms with van der Waals surface area (Å²) in [6.45, 7) is 3.24. The van der Waals surface area contributed by atoms with Gasteiger partial charge in [-0.25, -0.2) is 0 Å². The van der Waals surface area contributed by atoms with Crippen molar-refractivity contribution in [3.63, 3.8) is 0 Å². The Morgan fingerprint density at radius 1 is 0.841 bits per heavy atom. The Hall–Kier alpha value is -3.57. The Labute approximate surface area is 256 Å². The van der Waals surface area contributed by atoms with Crippen LogP contribution in [0, 0.1) is 0 Å². The van der Waals surface area contributed by atoms with E-state index in [4.69, 9.17) is 14.2 Å². The van der Waals surface area contributed by atoms with E-state index in [1.807, 2.05) is 54.6 Å². The minimum Gasteiger partial charge on any atom is -0.492 e. The van der Waals surface area contributed by atoms with Gasteiger partial charge in [0.15, 0.2) is 5.78 Å². The van der Waals surface area contributed by atoms with Crippen molar-refractivity contribution in [3.05, 3.63) is 95.1 Å². The zero-order valence-electron chi connectivity index (χ0n) is 24.5. The molecule has 2 heterocycles. The summed E-state index contributed by atoms with van der Waals surface area (Å²) in [5.41, 5.74) is 5.10. The molecule has 2 saturated heterocycles. The molecule has 0 bridgehead atoms. The van der Waals surface area contributed by atoms with Gasteiger partial charge in [-0.2, -0.15) is 0 Å². The molecule has 0 aromatic heterocycles. The molecule has 0 amide bonds. The third-order valence-electron chi connectivity index (χ3n) is 8.75. The lowest BCUT2D eigenvalue weighted by molar-refractivity contribution is -0.277. The Kier molecular flexibility index (Phi) is 9.42. The van der Waals surface area contributed by atoms with Gasteiger partial charge >= 0.3 is 0 Å². The van der Waals surface area contributed by atoms with Gasteiger partial charge in [-0.05, 0) is 97.4 Å². The minimum atomic E-state index is -1.53. The number of allylic oxidation sites excluding steroid dienone is 2. The molecule has 3 aliphatic rings. The third kappa shape index (κ3) is 6.44. The maximum absolute atomic E-state index is 14.1. The number of carbonyl (C=O) groups excluding carboxylic acids is 1. The molecule has 232 valence electrons. The summed E-state index contributed by atoms with van der Waals surface area (Å²) in [6.07, 6.45) is -2.85. The predicted octanol–water partition coefficient (Wildman–Crippen LogP) is 3.08. The highest BCUT2D eigenvalue weighted by molar-refractivity contribution is 6.35. The summed E-state index contributed by atoms with van der Waals surface area (Å²) < 4.78 is 17.2. The maximum Gasteiger partial charge on any atom is 0.229 e. The van der Waals surface area contributed by atoms with Gasteiger partial charge in [0.1, 0.15) is 42.5 Å². The molecule has 0 spiro atoms. The van der Waals surface area contributed by atoms with E-state index in [2.05, 4.69) is 11.0 Å². The number of nitrogens with zero attached hydrogens (tertiary/aromatic N) is 1. The highest BCUT2D eigenvalue weighted by atomic mass is 16.7. The number of carbonyl (C=O) groups is 1. The van der Waals surface area contributed by atoms with Gasteiger partial charge in [0.05, 0.1) is 6.61 Å². The fraction of sp³-hybridized carbons (Fsp3) is 0.400. The van der Waals surface area contributed by atoms with Crippen molar-refractivity contribution in [1.29, 1.82) is 0 Å². The van der Waals surface area contributed by atoms with Crippen LogP contribution in [0.3, 0.4) is 0 Å². The zero-order valence-corrected chi connectivity index (χ0v) is 24.5. The van der Waals surface area contributed by atoms with Crippen LogP contribution in [-0.2, 0) is 11.2 Å². The molecule has 0 unspecified atom stereocenters. The van der Waals surface area contributed by atoms with Crippen LogP contribution in [-0.4, -0.2) is 94.7 Å². The number of rotatable bonds is 10. The number of aliphatic hydroxyl groups excluding tert-OH is 4. The number of hydrogen-bond donors (Lipinski definition) is 4. The summed E-state index contributed by atoms with van der Waals surface area (Å²) in [5.74, 6) is 1.05. The fourth-order valence-corrected chi connectivity index (χ4v) is 6.26. The van der Waals surface area contributed by atoms with Gasteiger partial charge in [-0.15, -0.1) is 0 Å². The number of ether oxygens (including phenoxy) is 3. The quantitative estimate of drug-likeness (QED) is 0.259. The number of fused-ring (bicyclic) bond motifs is 1. The number of aliphatic hydroxyl groups is 4. The van der Waals surface area contributed by atoms with Crippen LogP contribution in [0.15, 0.2) is 72.8 Å². The first-order valence-corrected chi connectivity index (χ1v) is 15.3. The Balaban J connectivity index is 1.22. The lowest BCUT2D eigenvalue weighted by atomic mass is 9.79. The fourth-order valence-electron chi connectivity index (χ4n) is 6.26. The zero-order chi connectivity index (χ0) is 30.6. The van der Waals surface area contributed by atoms with Crippen LogP contribution in [0.1, 0.15) is 46.3 Å². The molecule has 6 rings (SSSR count). The second-order valence-corrected chi connectivity index (χ2v) is 11.6. The van der Waals surface area contributed by atoms with Gasteiger partial charge < -0.3 is 34.6 Å². The second-order valence-electron chi connectivity index (χ2n) is 11.6. The van der Waals surface area contributed by atoms with Crippen molar-refractivity contribution in [3.8, 4) is 11.5 Å². The monoisotopic (exact) mass is 601 g/mol. The van der Waals surface area contributed by atoms with Crippen LogP contribution in [0.4, 0.5) is 0 Å². The number of benzene rings is 3. The SMILES string of the molecule is O=C(C1=C(c2ccc(O[C@@H]3O[C@H](CO)[C@@H](O)[C@H](O)[C@H]3O)cc2)CCc2ccccc21)c1ccc(OCCN2CCCC2)cc1. The average molecular weight is 602 g/mol. The summed E-state index contributed by atoms with van der Waals surface area (Å²) in [5, 5.41) is 39.9. The highest BCUT2D eigenvalue weighted by Gasteiger charge is 2.44. The number of hydrogen-bond acceptors (Lipinski definition) is 9. The number of aryl methyl sites for hydroxylation is 1. The molecule has 4 N–H and O–H groups in total. The lowest BCUT2D eigenvalue weighted by Crippen LogP contribution is -2.60. The first kappa shape index (κ1) is 30.5. The normalized spacial score (nSPS) is 25.5. The number of Topliss-reactive ketones (excluding diaryl/α,β-unsaturated/α-hetero) is 1. The van der Waals surface area contributed by atoms with Crippen LogP contribution >= 0.6 is 0 Å². The van der Waals surface area contributed by atoms with Gasteiger partial charge in [-0.3, -0.25) is 9.69 Å². The molecule has 9 heteroatoms. The average Bonchev–Trinajstić information content (AvgIpc) is 3.58. The highest BCUT2D eigenvalue weighted by Crippen LogP contribution is 2.39. The van der Waals surface area contributed by atoms with Crippen molar-refractivity contribution < 1.29 is 39.4 Å². The molecular formula is C35H39NO8. The topological polar surface area (TPSA) is 129 Å². The lowest BCUT2D eigenvalue weighted by Gasteiger charge is -2.39. The molecule has 2 fully saturated rings. The van der Waals surface area contributed by atoms with E-state index in [1.54, 1.807) is 12.1 Å². The van der Waals surface area contributed by atoms with E-state index in [0.29, 0.717) is 29.9 Å². The van der Waals surface area contributed by atoms with Crippen LogP contribution in [0.5, 0.6) is 11.5 Å². The van der Waals surface area contributed by atoms with Crippen molar-refractivity contribution in [2.24, 2.45) is 0 Å². The molecule has 3 aromatic carbocycles. The van der Waals surface area contributed by atoms with Crippen molar-refractivity contribution in [2.45, 2.75) is 56.4 Å². The smallest absolute Gasteiger partial charge is 0.229 e. The van der Waals surface area contributed by atoms with Crippen LogP contribution < -0.4 is 9.47 Å². The number of likely N-dealkylation sites (tertiary alicyclic amines) is 1. The van der Waals surface area contributed by atoms with Crippen LogP contribution in [0.2, 0.25) is 0 Å². The van der Waals surface area contributed by atoms with E-state index in [-0.39, 0.29) is 5.78 Å². The molecule has 2 aliphatic heterocycles.